The largest absolute Gasteiger partial charge is 0.494 e. The molecule has 0 aliphatic heterocycles. The molecule has 4 nitrogen and oxygen atoms in total. The molecule has 4 heteroatoms. The number of carbonyl (C=O) groups excluding carboxylic acids is 1. The third-order valence-corrected chi connectivity index (χ3v) is 3.50. The molecule has 2 N–H and O–H groups in total. The Kier molecular flexibility index (Phi) is 4.80. The third kappa shape index (κ3) is 3.70. The van der Waals surface area contributed by atoms with Crippen molar-refractivity contribution < 1.29 is 14.3 Å². The van der Waals surface area contributed by atoms with Crippen molar-refractivity contribution in [3.8, 4) is 5.75 Å². The van der Waals surface area contributed by atoms with E-state index >= 15 is 0 Å². The molecule has 1 aliphatic rings. The zero-order chi connectivity index (χ0) is 13.7. The quantitative estimate of drug-likeness (QED) is 0.654. The van der Waals surface area contributed by atoms with E-state index in [9.17, 15) is 4.79 Å². The molecule has 0 heterocycles. The highest BCUT2D eigenvalue weighted by Gasteiger charge is 2.17. The number of fused-ring (bicyclic) bond motifs is 1. The summed E-state index contributed by atoms with van der Waals surface area (Å²) in [7, 11) is 1.40. The molecule has 1 aromatic carbocycles. The average molecular weight is 263 g/mol. The van der Waals surface area contributed by atoms with E-state index in [1.54, 1.807) is 0 Å². The Morgan fingerprint density at radius 1 is 1.47 bits per heavy atom. The third-order valence-electron chi connectivity index (χ3n) is 3.50. The van der Waals surface area contributed by atoms with Crippen LogP contribution in [-0.4, -0.2) is 19.7 Å². The zero-order valence-electron chi connectivity index (χ0n) is 11.4. The fourth-order valence-corrected chi connectivity index (χ4v) is 2.41. The number of esters is 1. The van der Waals surface area contributed by atoms with Crippen LogP contribution in [-0.2, 0) is 16.0 Å². The molecule has 1 atom stereocenters. The van der Waals surface area contributed by atoms with Gasteiger partial charge in [0.1, 0.15) is 5.75 Å². The number of rotatable bonds is 5. The SMILES string of the molecule is COC(=O)CCCOc1ccc2c(c1)[C@@H](N)CCC2. The summed E-state index contributed by atoms with van der Waals surface area (Å²) in [6.45, 7) is 0.517. The summed E-state index contributed by atoms with van der Waals surface area (Å²) in [5.41, 5.74) is 8.65. The fourth-order valence-electron chi connectivity index (χ4n) is 2.41. The number of methoxy groups -OCH3 is 1. The number of nitrogens with two attached hydrogens (primary N) is 1. The van der Waals surface area contributed by atoms with Gasteiger partial charge in [0.2, 0.25) is 0 Å². The minimum atomic E-state index is -0.198. The lowest BCUT2D eigenvalue weighted by Crippen LogP contribution is -2.17. The molecular weight excluding hydrogens is 242 g/mol. The molecule has 0 saturated heterocycles. The molecule has 19 heavy (non-hydrogen) atoms. The van der Waals surface area contributed by atoms with Gasteiger partial charge in [-0.2, -0.15) is 0 Å². The molecule has 104 valence electrons. The monoisotopic (exact) mass is 263 g/mol. The van der Waals surface area contributed by atoms with Crippen LogP contribution in [0.3, 0.4) is 0 Å². The molecule has 0 unspecified atom stereocenters. The van der Waals surface area contributed by atoms with Gasteiger partial charge in [-0.3, -0.25) is 4.79 Å². The molecule has 0 fully saturated rings. The average Bonchev–Trinajstić information content (AvgIpc) is 2.44. The van der Waals surface area contributed by atoms with Crippen molar-refractivity contribution in [2.24, 2.45) is 5.73 Å². The Morgan fingerprint density at radius 2 is 2.32 bits per heavy atom. The summed E-state index contributed by atoms with van der Waals surface area (Å²) >= 11 is 0. The van der Waals surface area contributed by atoms with Gasteiger partial charge in [-0.1, -0.05) is 6.07 Å². The second kappa shape index (κ2) is 6.57. The molecule has 0 spiro atoms. The minimum absolute atomic E-state index is 0.127. The number of aryl methyl sites for hydroxylation is 1. The van der Waals surface area contributed by atoms with Crippen molar-refractivity contribution in [2.45, 2.75) is 38.1 Å². The number of hydrogen-bond donors (Lipinski definition) is 1. The molecule has 2 rings (SSSR count). The zero-order valence-corrected chi connectivity index (χ0v) is 11.4. The highest BCUT2D eigenvalue weighted by molar-refractivity contribution is 5.69. The van der Waals surface area contributed by atoms with Gasteiger partial charge in [0, 0.05) is 12.5 Å². The highest BCUT2D eigenvalue weighted by Crippen LogP contribution is 2.30. The first-order valence-corrected chi connectivity index (χ1v) is 6.78. The van der Waals surface area contributed by atoms with Crippen LogP contribution in [0, 0.1) is 0 Å². The number of hydrogen-bond acceptors (Lipinski definition) is 4. The van der Waals surface area contributed by atoms with Crippen LogP contribution in [0.5, 0.6) is 5.75 Å². The van der Waals surface area contributed by atoms with Gasteiger partial charge in [-0.05, 0) is 48.9 Å². The van der Waals surface area contributed by atoms with E-state index in [-0.39, 0.29) is 12.0 Å². The lowest BCUT2D eigenvalue weighted by Gasteiger charge is -2.22. The van der Waals surface area contributed by atoms with E-state index < -0.39 is 0 Å². The first-order chi connectivity index (χ1) is 9.20. The van der Waals surface area contributed by atoms with E-state index in [2.05, 4.69) is 10.8 Å². The summed E-state index contributed by atoms with van der Waals surface area (Å²) < 4.78 is 10.2. The van der Waals surface area contributed by atoms with Gasteiger partial charge < -0.3 is 15.2 Å². The van der Waals surface area contributed by atoms with Crippen LogP contribution >= 0.6 is 0 Å². The highest BCUT2D eigenvalue weighted by atomic mass is 16.5. The van der Waals surface area contributed by atoms with Gasteiger partial charge >= 0.3 is 5.97 Å². The molecule has 0 bridgehead atoms. The van der Waals surface area contributed by atoms with E-state index in [0.29, 0.717) is 19.4 Å². The Labute approximate surface area is 113 Å². The predicted octanol–water partition coefficient (Wildman–Crippen LogP) is 2.35. The van der Waals surface area contributed by atoms with Gasteiger partial charge in [0.15, 0.2) is 0 Å². The van der Waals surface area contributed by atoms with Crippen molar-refractivity contribution >= 4 is 5.97 Å². The summed E-state index contributed by atoms with van der Waals surface area (Å²) in [4.78, 5) is 11.0. The molecule has 1 aromatic rings. The minimum Gasteiger partial charge on any atom is -0.494 e. The summed E-state index contributed by atoms with van der Waals surface area (Å²) in [6.07, 6.45) is 4.36. The maximum atomic E-state index is 11.0. The molecular formula is C15H21NO3. The maximum Gasteiger partial charge on any atom is 0.305 e. The van der Waals surface area contributed by atoms with Crippen molar-refractivity contribution in [1.29, 1.82) is 0 Å². The Bertz CT molecular complexity index is 445. The smallest absolute Gasteiger partial charge is 0.305 e. The van der Waals surface area contributed by atoms with Crippen LogP contribution in [0.1, 0.15) is 42.9 Å². The first-order valence-electron chi connectivity index (χ1n) is 6.78. The van der Waals surface area contributed by atoms with Crippen molar-refractivity contribution in [1.82, 2.24) is 0 Å². The second-order valence-corrected chi connectivity index (χ2v) is 4.89. The molecule has 0 radical (unpaired) electrons. The summed E-state index contributed by atoms with van der Waals surface area (Å²) in [5.74, 6) is 0.636. The maximum absolute atomic E-state index is 11.0. The lowest BCUT2D eigenvalue weighted by atomic mass is 9.88. The van der Waals surface area contributed by atoms with Crippen LogP contribution in [0.25, 0.3) is 0 Å². The van der Waals surface area contributed by atoms with Gasteiger partial charge in [0.05, 0.1) is 13.7 Å². The number of benzene rings is 1. The van der Waals surface area contributed by atoms with Crippen molar-refractivity contribution in [2.75, 3.05) is 13.7 Å². The van der Waals surface area contributed by atoms with Crippen molar-refractivity contribution in [3.05, 3.63) is 29.3 Å². The molecule has 0 aromatic heterocycles. The van der Waals surface area contributed by atoms with Crippen LogP contribution < -0.4 is 10.5 Å². The van der Waals surface area contributed by atoms with E-state index in [1.807, 2.05) is 12.1 Å². The predicted molar refractivity (Wildman–Crippen MR) is 73.1 cm³/mol. The van der Waals surface area contributed by atoms with Gasteiger partial charge in [0.25, 0.3) is 0 Å². The molecule has 0 saturated carbocycles. The molecule has 0 amide bonds. The van der Waals surface area contributed by atoms with Gasteiger partial charge in [-0.15, -0.1) is 0 Å². The van der Waals surface area contributed by atoms with Crippen LogP contribution in [0.15, 0.2) is 18.2 Å². The summed E-state index contributed by atoms with van der Waals surface area (Å²) in [5, 5.41) is 0. The van der Waals surface area contributed by atoms with E-state index in [1.165, 1.54) is 18.2 Å². The Morgan fingerprint density at radius 3 is 3.11 bits per heavy atom. The van der Waals surface area contributed by atoms with E-state index in [0.717, 1.165) is 25.0 Å². The number of carbonyl (C=O) groups is 1. The standard InChI is InChI=1S/C15H21NO3/c1-18-15(17)6-3-9-19-12-8-7-11-4-2-5-14(16)13(11)10-12/h7-8,10,14H,2-6,9,16H2,1H3/t14-/m0/s1. The normalized spacial score (nSPS) is 17.7. The fraction of sp³-hybridized carbons (Fsp3) is 0.533. The number of ether oxygens (including phenoxy) is 2. The summed E-state index contributed by atoms with van der Waals surface area (Å²) in [6, 6.07) is 6.25. The topological polar surface area (TPSA) is 61.5 Å². The lowest BCUT2D eigenvalue weighted by molar-refractivity contribution is -0.140. The first kappa shape index (κ1) is 13.9. The van der Waals surface area contributed by atoms with Gasteiger partial charge in [-0.25, -0.2) is 0 Å². The Balaban J connectivity index is 1.88. The molecule has 1 aliphatic carbocycles. The van der Waals surface area contributed by atoms with Crippen molar-refractivity contribution in [3.63, 3.8) is 0 Å². The van der Waals surface area contributed by atoms with Crippen LogP contribution in [0.2, 0.25) is 0 Å². The van der Waals surface area contributed by atoms with E-state index in [4.69, 9.17) is 10.5 Å². The second-order valence-electron chi connectivity index (χ2n) is 4.89. The Hall–Kier alpha value is -1.55. The van der Waals surface area contributed by atoms with Crippen LogP contribution in [0.4, 0.5) is 0 Å².